The van der Waals surface area contributed by atoms with E-state index in [1.54, 1.807) is 7.11 Å². The molecule has 106 valence electrons. The van der Waals surface area contributed by atoms with E-state index in [1.165, 1.54) is 0 Å². The summed E-state index contributed by atoms with van der Waals surface area (Å²) in [4.78, 5) is 12.0. The van der Waals surface area contributed by atoms with Crippen LogP contribution in [0.3, 0.4) is 0 Å². The summed E-state index contributed by atoms with van der Waals surface area (Å²) in [5.41, 5.74) is -0.979. The molecule has 0 aromatic carbocycles. The largest absolute Gasteiger partial charge is 0.461 e. The predicted octanol–water partition coefficient (Wildman–Crippen LogP) is 1.11. The van der Waals surface area contributed by atoms with Crippen LogP contribution in [0, 0.1) is 0 Å². The maximum Gasteiger partial charge on any atom is 0.338 e. The topological polar surface area (TPSA) is 56.8 Å². The highest BCUT2D eigenvalue weighted by atomic mass is 16.6. The van der Waals surface area contributed by atoms with Gasteiger partial charge in [-0.1, -0.05) is 0 Å². The minimum Gasteiger partial charge on any atom is -0.461 e. The van der Waals surface area contributed by atoms with E-state index in [0.717, 1.165) is 13.1 Å². The summed E-state index contributed by atoms with van der Waals surface area (Å²) < 4.78 is 16.1. The molecule has 0 saturated carbocycles. The predicted molar refractivity (Wildman–Crippen MR) is 68.5 cm³/mol. The maximum absolute atomic E-state index is 12.0. The lowest BCUT2D eigenvalue weighted by molar-refractivity contribution is -0.175. The van der Waals surface area contributed by atoms with Gasteiger partial charge in [-0.2, -0.15) is 0 Å². The third kappa shape index (κ3) is 4.55. The van der Waals surface area contributed by atoms with Gasteiger partial charge in [-0.05, 0) is 46.7 Å². The Balaban J connectivity index is 2.34. The lowest BCUT2D eigenvalue weighted by Crippen LogP contribution is -2.50. The van der Waals surface area contributed by atoms with Crippen molar-refractivity contribution in [1.82, 2.24) is 5.32 Å². The van der Waals surface area contributed by atoms with Gasteiger partial charge >= 0.3 is 5.97 Å². The molecule has 1 aliphatic rings. The van der Waals surface area contributed by atoms with Gasteiger partial charge in [0.2, 0.25) is 0 Å². The lowest BCUT2D eigenvalue weighted by Gasteiger charge is -2.33. The summed E-state index contributed by atoms with van der Waals surface area (Å²) in [5, 5.41) is 3.20. The Labute approximate surface area is 109 Å². The van der Waals surface area contributed by atoms with Crippen molar-refractivity contribution in [3.05, 3.63) is 0 Å². The normalized spacial score (nSPS) is 19.6. The van der Waals surface area contributed by atoms with Crippen LogP contribution < -0.4 is 5.32 Å². The quantitative estimate of drug-likeness (QED) is 0.592. The van der Waals surface area contributed by atoms with E-state index in [9.17, 15) is 4.79 Å². The molecule has 1 fully saturated rings. The molecule has 1 rings (SSSR count). The number of piperidine rings is 1. The summed E-state index contributed by atoms with van der Waals surface area (Å²) in [6.45, 7) is 8.15. The Morgan fingerprint density at radius 3 is 2.33 bits per heavy atom. The maximum atomic E-state index is 12.0. The average molecular weight is 259 g/mol. The number of rotatable bonds is 5. The minimum atomic E-state index is -0.771. The molecule has 1 heterocycles. The first kappa shape index (κ1) is 15.4. The average Bonchev–Trinajstić information content (AvgIpc) is 2.34. The van der Waals surface area contributed by atoms with Gasteiger partial charge in [0.25, 0.3) is 0 Å². The molecule has 0 atom stereocenters. The second-order valence-electron chi connectivity index (χ2n) is 5.55. The molecular weight excluding hydrogens is 234 g/mol. The zero-order valence-corrected chi connectivity index (χ0v) is 11.9. The lowest BCUT2D eigenvalue weighted by atomic mass is 9.92. The standard InChI is InChI=1S/C13H25NO4/c1-12(2,3)18-10-9-17-11(15)13(16-4)5-7-14-8-6-13/h14H,5-10H2,1-4H3. The second-order valence-corrected chi connectivity index (χ2v) is 5.55. The smallest absolute Gasteiger partial charge is 0.338 e. The number of methoxy groups -OCH3 is 1. The molecule has 1 N–H and O–H groups in total. The first-order chi connectivity index (χ1) is 8.40. The molecule has 1 aliphatic heterocycles. The Kier molecular flexibility index (Phi) is 5.56. The molecule has 1 saturated heterocycles. The monoisotopic (exact) mass is 259 g/mol. The van der Waals surface area contributed by atoms with Crippen LogP contribution in [0.15, 0.2) is 0 Å². The molecular formula is C13H25NO4. The molecule has 0 aromatic heterocycles. The Morgan fingerprint density at radius 2 is 1.83 bits per heavy atom. The zero-order chi connectivity index (χ0) is 13.6. The van der Waals surface area contributed by atoms with Gasteiger partial charge in [0.15, 0.2) is 5.60 Å². The number of carbonyl (C=O) groups excluding carboxylic acids is 1. The number of nitrogens with one attached hydrogen (secondary N) is 1. The van der Waals surface area contributed by atoms with Crippen molar-refractivity contribution in [2.24, 2.45) is 0 Å². The van der Waals surface area contributed by atoms with Gasteiger partial charge in [0.05, 0.1) is 12.2 Å². The number of esters is 1. The van der Waals surface area contributed by atoms with Gasteiger partial charge in [0.1, 0.15) is 6.61 Å². The molecule has 0 unspecified atom stereocenters. The van der Waals surface area contributed by atoms with Crippen molar-refractivity contribution in [2.45, 2.75) is 44.8 Å². The van der Waals surface area contributed by atoms with Crippen LogP contribution in [0.25, 0.3) is 0 Å². The van der Waals surface area contributed by atoms with E-state index in [-0.39, 0.29) is 18.2 Å². The summed E-state index contributed by atoms with van der Waals surface area (Å²) in [5.74, 6) is -0.274. The molecule has 0 bridgehead atoms. The number of hydrogen-bond donors (Lipinski definition) is 1. The van der Waals surface area contributed by atoms with E-state index in [2.05, 4.69) is 5.32 Å². The summed E-state index contributed by atoms with van der Waals surface area (Å²) >= 11 is 0. The SMILES string of the molecule is COC1(C(=O)OCCOC(C)(C)C)CCNCC1. The third-order valence-corrected chi connectivity index (χ3v) is 3.03. The van der Waals surface area contributed by atoms with E-state index in [1.807, 2.05) is 20.8 Å². The molecule has 0 radical (unpaired) electrons. The molecule has 0 aliphatic carbocycles. The summed E-state index contributed by atoms with van der Waals surface area (Å²) in [7, 11) is 1.57. The van der Waals surface area contributed by atoms with E-state index >= 15 is 0 Å². The molecule has 0 spiro atoms. The van der Waals surface area contributed by atoms with Crippen LogP contribution in [0.2, 0.25) is 0 Å². The summed E-state index contributed by atoms with van der Waals surface area (Å²) in [6, 6.07) is 0. The zero-order valence-electron chi connectivity index (χ0n) is 11.9. The van der Waals surface area contributed by atoms with Crippen LogP contribution in [0.5, 0.6) is 0 Å². The second kappa shape index (κ2) is 6.50. The van der Waals surface area contributed by atoms with Crippen molar-refractivity contribution >= 4 is 5.97 Å². The first-order valence-corrected chi connectivity index (χ1v) is 6.47. The van der Waals surface area contributed by atoms with Crippen molar-refractivity contribution in [3.63, 3.8) is 0 Å². The molecule has 5 nitrogen and oxygen atoms in total. The number of hydrogen-bond acceptors (Lipinski definition) is 5. The highest BCUT2D eigenvalue weighted by Gasteiger charge is 2.41. The van der Waals surface area contributed by atoms with Crippen LogP contribution in [-0.4, -0.2) is 50.6 Å². The van der Waals surface area contributed by atoms with Crippen molar-refractivity contribution in [2.75, 3.05) is 33.4 Å². The summed E-state index contributed by atoms with van der Waals surface area (Å²) in [6.07, 6.45) is 1.31. The van der Waals surface area contributed by atoms with Crippen molar-refractivity contribution in [1.29, 1.82) is 0 Å². The minimum absolute atomic E-state index is 0.208. The van der Waals surface area contributed by atoms with Gasteiger partial charge < -0.3 is 19.5 Å². The van der Waals surface area contributed by atoms with E-state index in [0.29, 0.717) is 19.4 Å². The fourth-order valence-electron chi connectivity index (χ4n) is 1.94. The fourth-order valence-corrected chi connectivity index (χ4v) is 1.94. The fraction of sp³-hybridized carbons (Fsp3) is 0.923. The molecule has 18 heavy (non-hydrogen) atoms. The van der Waals surface area contributed by atoms with E-state index in [4.69, 9.17) is 14.2 Å². The van der Waals surface area contributed by atoms with Gasteiger partial charge in [-0.3, -0.25) is 0 Å². The number of ether oxygens (including phenoxy) is 3. The van der Waals surface area contributed by atoms with Crippen LogP contribution in [0.1, 0.15) is 33.6 Å². The Bertz CT molecular complexity index is 267. The van der Waals surface area contributed by atoms with E-state index < -0.39 is 5.60 Å². The molecule has 0 amide bonds. The highest BCUT2D eigenvalue weighted by Crippen LogP contribution is 2.24. The number of carbonyl (C=O) groups is 1. The Morgan fingerprint density at radius 1 is 1.22 bits per heavy atom. The van der Waals surface area contributed by atoms with Crippen LogP contribution in [-0.2, 0) is 19.0 Å². The molecule has 5 heteroatoms. The third-order valence-electron chi connectivity index (χ3n) is 3.03. The Hall–Kier alpha value is -0.650. The van der Waals surface area contributed by atoms with Crippen molar-refractivity contribution in [3.8, 4) is 0 Å². The van der Waals surface area contributed by atoms with Gasteiger partial charge in [-0.25, -0.2) is 4.79 Å². The van der Waals surface area contributed by atoms with Gasteiger partial charge in [-0.15, -0.1) is 0 Å². The van der Waals surface area contributed by atoms with Gasteiger partial charge in [0, 0.05) is 7.11 Å². The highest BCUT2D eigenvalue weighted by molar-refractivity contribution is 5.79. The van der Waals surface area contributed by atoms with Crippen molar-refractivity contribution < 1.29 is 19.0 Å². The molecule has 0 aromatic rings. The van der Waals surface area contributed by atoms with Crippen LogP contribution >= 0.6 is 0 Å². The van der Waals surface area contributed by atoms with Crippen LogP contribution in [0.4, 0.5) is 0 Å². The first-order valence-electron chi connectivity index (χ1n) is 6.47.